The first-order valence-corrected chi connectivity index (χ1v) is 11.6. The van der Waals surface area contributed by atoms with Crippen LogP contribution in [-0.4, -0.2) is 48.0 Å². The van der Waals surface area contributed by atoms with Crippen LogP contribution in [0.4, 0.5) is 4.39 Å². The maximum Gasteiger partial charge on any atom is 0.258 e. The van der Waals surface area contributed by atoms with Crippen LogP contribution >= 0.6 is 11.6 Å². The number of nitrogens with one attached hydrogen (secondary N) is 2. The number of amides is 1. The Balaban J connectivity index is 1.53. The van der Waals surface area contributed by atoms with Crippen molar-refractivity contribution in [3.8, 4) is 5.75 Å². The van der Waals surface area contributed by atoms with Crippen LogP contribution in [0.15, 0.2) is 45.3 Å². The summed E-state index contributed by atoms with van der Waals surface area (Å²) in [6, 6.07) is 4.00. The van der Waals surface area contributed by atoms with Crippen LogP contribution in [0.3, 0.4) is 0 Å². The molecular formula is C24H29ClFN5O2. The van der Waals surface area contributed by atoms with E-state index in [0.29, 0.717) is 45.9 Å². The van der Waals surface area contributed by atoms with Gasteiger partial charge >= 0.3 is 0 Å². The summed E-state index contributed by atoms with van der Waals surface area (Å²) in [5, 5.41) is 12.1. The maximum atomic E-state index is 14.0. The number of nitrogens with zero attached hydrogens (tertiary/aromatic N) is 2. The second-order valence-corrected chi connectivity index (χ2v) is 9.24. The Kier molecular flexibility index (Phi) is 6.86. The van der Waals surface area contributed by atoms with Gasteiger partial charge in [0.25, 0.3) is 5.91 Å². The predicted molar refractivity (Wildman–Crippen MR) is 127 cm³/mol. The van der Waals surface area contributed by atoms with Crippen molar-refractivity contribution in [3.05, 3.63) is 51.7 Å². The van der Waals surface area contributed by atoms with Crippen LogP contribution in [0.1, 0.15) is 49.9 Å². The molecule has 1 saturated carbocycles. The Hall–Kier alpha value is -2.71. The number of halogens is 2. The molecule has 0 unspecified atom stereocenters. The molecule has 176 valence electrons. The summed E-state index contributed by atoms with van der Waals surface area (Å²) < 4.78 is 20.1. The third-order valence-corrected chi connectivity index (χ3v) is 7.02. The number of aliphatic imine (C=N–C) groups is 1. The van der Waals surface area contributed by atoms with Crippen LogP contribution < -0.4 is 15.8 Å². The molecule has 1 amide bonds. The van der Waals surface area contributed by atoms with E-state index in [2.05, 4.69) is 10.3 Å². The molecule has 2 aliphatic heterocycles. The van der Waals surface area contributed by atoms with Gasteiger partial charge in [-0.05, 0) is 64.1 Å². The van der Waals surface area contributed by atoms with Crippen molar-refractivity contribution in [2.75, 3.05) is 19.6 Å². The zero-order valence-electron chi connectivity index (χ0n) is 18.9. The highest BCUT2D eigenvalue weighted by Gasteiger charge is 2.32. The van der Waals surface area contributed by atoms with Gasteiger partial charge in [-0.2, -0.15) is 0 Å². The van der Waals surface area contributed by atoms with E-state index in [0.717, 1.165) is 31.4 Å². The normalized spacial score (nSPS) is 25.8. The second-order valence-electron chi connectivity index (χ2n) is 8.86. The molecule has 1 saturated heterocycles. The third kappa shape index (κ3) is 4.96. The summed E-state index contributed by atoms with van der Waals surface area (Å²) in [5.41, 5.74) is 8.42. The summed E-state index contributed by atoms with van der Waals surface area (Å²) in [7, 11) is 0. The molecule has 1 aliphatic carbocycles. The van der Waals surface area contributed by atoms with Crippen LogP contribution in [0, 0.1) is 17.1 Å². The Morgan fingerprint density at radius 2 is 2.03 bits per heavy atom. The Morgan fingerprint density at radius 3 is 2.70 bits per heavy atom. The van der Waals surface area contributed by atoms with E-state index in [1.165, 1.54) is 18.2 Å². The lowest BCUT2D eigenvalue weighted by atomic mass is 9.87. The van der Waals surface area contributed by atoms with Crippen LogP contribution in [0.25, 0.3) is 0 Å². The number of likely N-dealkylation sites (tertiary alicyclic amines) is 1. The zero-order valence-corrected chi connectivity index (χ0v) is 19.6. The molecule has 1 aromatic carbocycles. The molecule has 0 spiro atoms. The maximum absolute atomic E-state index is 14.0. The first-order chi connectivity index (χ1) is 15.8. The SMILES string of the molecule is CC1=N/C(=C2\CN(C(=O)c3ccc(F)cc3OC3CCC(CN)CC3)CC2=N)NC(C)=C1Cl. The fraction of sp³-hybridized carbons (Fsp3) is 0.458. The number of hydrogen-bond acceptors (Lipinski definition) is 6. The molecule has 4 rings (SSSR count). The Bertz CT molecular complexity index is 1070. The van der Waals surface area contributed by atoms with Gasteiger partial charge in [0, 0.05) is 17.3 Å². The minimum Gasteiger partial charge on any atom is -0.489 e. The molecule has 9 heteroatoms. The fourth-order valence-corrected chi connectivity index (χ4v) is 4.58. The first kappa shape index (κ1) is 23.4. The van der Waals surface area contributed by atoms with Crippen molar-refractivity contribution in [2.24, 2.45) is 16.6 Å². The van der Waals surface area contributed by atoms with E-state index in [4.69, 9.17) is 27.5 Å². The highest BCUT2D eigenvalue weighted by molar-refractivity contribution is 6.43. The van der Waals surface area contributed by atoms with Crippen LogP contribution in [0.5, 0.6) is 5.75 Å². The van der Waals surface area contributed by atoms with E-state index < -0.39 is 5.82 Å². The Morgan fingerprint density at radius 1 is 1.30 bits per heavy atom. The summed E-state index contributed by atoms with van der Waals surface area (Å²) in [5.74, 6) is 0.516. The number of carbonyl (C=O) groups excluding carboxylic acids is 1. The number of rotatable bonds is 4. The van der Waals surface area contributed by atoms with E-state index in [1.807, 2.05) is 6.92 Å². The summed E-state index contributed by atoms with van der Waals surface area (Å²) in [6.07, 6.45) is 3.51. The molecule has 2 fully saturated rings. The molecule has 0 atom stereocenters. The van der Waals surface area contributed by atoms with Gasteiger partial charge in [-0.3, -0.25) is 4.79 Å². The van der Waals surface area contributed by atoms with Crippen molar-refractivity contribution < 1.29 is 13.9 Å². The first-order valence-electron chi connectivity index (χ1n) is 11.2. The van der Waals surface area contributed by atoms with Gasteiger partial charge in [0.15, 0.2) is 0 Å². The molecule has 0 bridgehead atoms. The number of nitrogens with two attached hydrogens (primary N) is 1. The predicted octanol–water partition coefficient (Wildman–Crippen LogP) is 3.94. The minimum atomic E-state index is -0.454. The van der Waals surface area contributed by atoms with Gasteiger partial charge in [0.1, 0.15) is 17.4 Å². The molecule has 33 heavy (non-hydrogen) atoms. The van der Waals surface area contributed by atoms with Crippen LogP contribution in [-0.2, 0) is 0 Å². The number of carbonyl (C=O) groups is 1. The average Bonchev–Trinajstić information content (AvgIpc) is 3.19. The van der Waals surface area contributed by atoms with Gasteiger partial charge in [-0.1, -0.05) is 11.6 Å². The van der Waals surface area contributed by atoms with Gasteiger partial charge in [-0.25, -0.2) is 9.38 Å². The monoisotopic (exact) mass is 473 g/mol. The largest absolute Gasteiger partial charge is 0.489 e. The molecule has 4 N–H and O–H groups in total. The van der Waals surface area contributed by atoms with Crippen molar-refractivity contribution in [1.82, 2.24) is 10.2 Å². The standard InChI is InChI=1S/C24H29ClFN5O2/c1-13-22(25)14(2)30-23(29-13)19-11-31(12-20(19)28)24(32)18-8-5-16(26)9-21(18)33-17-6-3-15(10-27)4-7-17/h5,8-9,15,17,28-29H,3-4,6-7,10-12,27H2,1-2H3/b23-19+,28-20?. The molecular weight excluding hydrogens is 445 g/mol. The second kappa shape index (κ2) is 9.65. The molecule has 7 nitrogen and oxygen atoms in total. The molecule has 1 aromatic rings. The fourth-order valence-electron chi connectivity index (χ4n) is 4.49. The number of allylic oxidation sites excluding steroid dienone is 2. The van der Waals surface area contributed by atoms with Gasteiger partial charge in [-0.15, -0.1) is 0 Å². The number of benzene rings is 1. The minimum absolute atomic E-state index is 0.0704. The lowest BCUT2D eigenvalue weighted by Crippen LogP contribution is -2.31. The molecule has 2 heterocycles. The van der Waals surface area contributed by atoms with E-state index in [-0.39, 0.29) is 30.9 Å². The van der Waals surface area contributed by atoms with Crippen molar-refractivity contribution in [2.45, 2.75) is 45.6 Å². The van der Waals surface area contributed by atoms with Gasteiger partial charge in [0.2, 0.25) is 0 Å². The van der Waals surface area contributed by atoms with Gasteiger partial charge in [0.05, 0.1) is 41.2 Å². The van der Waals surface area contributed by atoms with E-state index in [1.54, 1.807) is 11.8 Å². The smallest absolute Gasteiger partial charge is 0.258 e. The average molecular weight is 474 g/mol. The van der Waals surface area contributed by atoms with Gasteiger partial charge < -0.3 is 26.1 Å². The van der Waals surface area contributed by atoms with Crippen molar-refractivity contribution in [1.29, 1.82) is 5.41 Å². The summed E-state index contributed by atoms with van der Waals surface area (Å²) >= 11 is 6.21. The van der Waals surface area contributed by atoms with Crippen molar-refractivity contribution >= 4 is 28.9 Å². The topological polar surface area (TPSA) is 104 Å². The number of hydrogen-bond donors (Lipinski definition) is 3. The zero-order chi connectivity index (χ0) is 23.7. The molecule has 3 aliphatic rings. The van der Waals surface area contributed by atoms with Crippen molar-refractivity contribution in [3.63, 3.8) is 0 Å². The lowest BCUT2D eigenvalue weighted by molar-refractivity contribution is 0.0789. The summed E-state index contributed by atoms with van der Waals surface area (Å²) in [4.78, 5) is 19.4. The third-order valence-electron chi connectivity index (χ3n) is 6.46. The van der Waals surface area contributed by atoms with E-state index in [9.17, 15) is 9.18 Å². The highest BCUT2D eigenvalue weighted by atomic mass is 35.5. The number of ether oxygens (including phenoxy) is 1. The lowest BCUT2D eigenvalue weighted by Gasteiger charge is -2.29. The molecule has 0 radical (unpaired) electrons. The van der Waals surface area contributed by atoms with Crippen LogP contribution in [0.2, 0.25) is 0 Å². The quantitative estimate of drug-likeness (QED) is 0.616. The van der Waals surface area contributed by atoms with E-state index >= 15 is 0 Å². The molecule has 0 aromatic heterocycles. The highest BCUT2D eigenvalue weighted by Crippen LogP contribution is 2.31. The summed E-state index contributed by atoms with van der Waals surface area (Å²) in [6.45, 7) is 4.67. The Labute approximate surface area is 198 Å².